The number of hydroxylamine groups is 2. The zero-order chi connectivity index (χ0) is 15.6. The molecular weight excluding hydrogens is 293 g/mol. The maximum Gasteiger partial charge on any atom is 0.492 e. The smallest absolute Gasteiger partial charge is 0.397 e. The number of hydrogen-bond acceptors (Lipinski definition) is 6. The summed E-state index contributed by atoms with van der Waals surface area (Å²) in [4.78, 5) is 30.2. The van der Waals surface area contributed by atoms with E-state index in [0.717, 1.165) is 5.06 Å². The van der Waals surface area contributed by atoms with Crippen LogP contribution in [-0.4, -0.2) is 41.2 Å². The van der Waals surface area contributed by atoms with Gasteiger partial charge in [0, 0.05) is 13.1 Å². The minimum Gasteiger partial charge on any atom is -0.397 e. The Hall–Kier alpha value is -2.36. The summed E-state index contributed by atoms with van der Waals surface area (Å²) < 4.78 is 35.8. The lowest BCUT2D eigenvalue weighted by Gasteiger charge is -2.35. The number of halogens is 3. The number of nitrogens with two attached hydrogens (primary N) is 1. The van der Waals surface area contributed by atoms with Gasteiger partial charge in [0.2, 0.25) is 5.91 Å². The first-order chi connectivity index (χ1) is 9.75. The monoisotopic (exact) mass is 304 g/mol. The van der Waals surface area contributed by atoms with Gasteiger partial charge in [0.1, 0.15) is 5.82 Å². The molecule has 114 valence electrons. The van der Waals surface area contributed by atoms with E-state index in [1.807, 2.05) is 0 Å². The van der Waals surface area contributed by atoms with Crippen LogP contribution in [0.5, 0.6) is 0 Å². The molecule has 0 aliphatic carbocycles. The molecule has 0 atom stereocenters. The van der Waals surface area contributed by atoms with E-state index in [-0.39, 0.29) is 18.9 Å². The van der Waals surface area contributed by atoms with Gasteiger partial charge < -0.3 is 15.9 Å². The first-order valence-corrected chi connectivity index (χ1v) is 5.82. The molecule has 1 aromatic rings. The Morgan fingerprint density at radius 2 is 2.05 bits per heavy atom. The molecular formula is C11H11F3N4O3. The van der Waals surface area contributed by atoms with Gasteiger partial charge >= 0.3 is 12.1 Å². The Morgan fingerprint density at radius 3 is 2.57 bits per heavy atom. The molecule has 0 spiro atoms. The Balaban J connectivity index is 1.78. The third-order valence-corrected chi connectivity index (χ3v) is 2.70. The molecule has 2 rings (SSSR count). The van der Waals surface area contributed by atoms with E-state index in [2.05, 4.69) is 15.1 Å². The second-order valence-corrected chi connectivity index (χ2v) is 4.39. The number of aromatic nitrogens is 1. The molecule has 1 saturated heterocycles. The second-order valence-electron chi connectivity index (χ2n) is 4.39. The highest BCUT2D eigenvalue weighted by Crippen LogP contribution is 2.22. The molecule has 0 saturated carbocycles. The van der Waals surface area contributed by atoms with Gasteiger partial charge in [-0.25, -0.2) is 9.78 Å². The molecule has 1 aromatic heterocycles. The second kappa shape index (κ2) is 5.56. The highest BCUT2D eigenvalue weighted by atomic mass is 19.4. The van der Waals surface area contributed by atoms with Crippen LogP contribution in [0.3, 0.4) is 0 Å². The van der Waals surface area contributed by atoms with Crippen molar-refractivity contribution in [2.45, 2.75) is 6.18 Å². The largest absolute Gasteiger partial charge is 0.492 e. The molecule has 2 heterocycles. The van der Waals surface area contributed by atoms with E-state index in [9.17, 15) is 22.8 Å². The van der Waals surface area contributed by atoms with Crippen LogP contribution in [0.1, 0.15) is 0 Å². The van der Waals surface area contributed by atoms with E-state index >= 15 is 0 Å². The number of nitrogens with one attached hydrogen (secondary N) is 1. The minimum atomic E-state index is -5.05. The zero-order valence-electron chi connectivity index (χ0n) is 10.6. The molecule has 0 radical (unpaired) electrons. The molecule has 1 aliphatic heterocycles. The number of rotatable bonds is 3. The zero-order valence-corrected chi connectivity index (χ0v) is 10.6. The van der Waals surface area contributed by atoms with Gasteiger partial charge in [0.05, 0.1) is 17.8 Å². The predicted molar refractivity (Wildman–Crippen MR) is 64.5 cm³/mol. The van der Waals surface area contributed by atoms with E-state index in [1.54, 1.807) is 6.07 Å². The summed E-state index contributed by atoms with van der Waals surface area (Å²) in [5, 5.41) is 3.25. The van der Waals surface area contributed by atoms with Crippen molar-refractivity contribution in [3.63, 3.8) is 0 Å². The van der Waals surface area contributed by atoms with Crippen molar-refractivity contribution >= 4 is 23.4 Å². The average Bonchev–Trinajstić information content (AvgIpc) is 2.34. The number of carbonyl (C=O) groups is 2. The van der Waals surface area contributed by atoms with Crippen molar-refractivity contribution < 1.29 is 27.6 Å². The molecule has 1 fully saturated rings. The summed E-state index contributed by atoms with van der Waals surface area (Å²) in [5.74, 6) is -3.03. The van der Waals surface area contributed by atoms with Crippen LogP contribution in [0.15, 0.2) is 18.3 Å². The summed E-state index contributed by atoms with van der Waals surface area (Å²) >= 11 is 0. The summed E-state index contributed by atoms with van der Waals surface area (Å²) in [6.45, 7) is -0.217. The Bertz CT molecular complexity index is 541. The lowest BCUT2D eigenvalue weighted by molar-refractivity contribution is -0.256. The van der Waals surface area contributed by atoms with Gasteiger partial charge in [-0.1, -0.05) is 0 Å². The fourth-order valence-corrected chi connectivity index (χ4v) is 1.56. The first-order valence-electron chi connectivity index (χ1n) is 5.82. The van der Waals surface area contributed by atoms with Crippen LogP contribution < -0.4 is 11.1 Å². The fourth-order valence-electron chi connectivity index (χ4n) is 1.56. The quantitative estimate of drug-likeness (QED) is 0.846. The first kappa shape index (κ1) is 15.0. The topological polar surface area (TPSA) is 97.5 Å². The van der Waals surface area contributed by atoms with E-state index in [4.69, 9.17) is 5.73 Å². The normalized spacial score (nSPS) is 16.1. The maximum atomic E-state index is 11.9. The third kappa shape index (κ3) is 3.81. The van der Waals surface area contributed by atoms with Crippen LogP contribution in [0.2, 0.25) is 0 Å². The summed E-state index contributed by atoms with van der Waals surface area (Å²) in [6.07, 6.45) is -3.70. The molecule has 21 heavy (non-hydrogen) atoms. The number of alkyl halides is 3. The molecule has 10 heteroatoms. The number of carbonyl (C=O) groups excluding carboxylic acids is 2. The van der Waals surface area contributed by atoms with Crippen molar-refractivity contribution in [1.29, 1.82) is 0 Å². The number of pyridine rings is 1. The highest BCUT2D eigenvalue weighted by Gasteiger charge is 2.45. The van der Waals surface area contributed by atoms with Gasteiger partial charge in [0.25, 0.3) is 0 Å². The van der Waals surface area contributed by atoms with Crippen molar-refractivity contribution in [2.75, 3.05) is 24.1 Å². The van der Waals surface area contributed by atoms with Gasteiger partial charge in [0.15, 0.2) is 0 Å². The van der Waals surface area contributed by atoms with Crippen LogP contribution in [-0.2, 0) is 14.4 Å². The van der Waals surface area contributed by atoms with Crippen LogP contribution in [0.25, 0.3) is 0 Å². The Kier molecular flexibility index (Phi) is 3.98. The van der Waals surface area contributed by atoms with Crippen LogP contribution in [0, 0.1) is 5.92 Å². The van der Waals surface area contributed by atoms with Crippen molar-refractivity contribution in [3.05, 3.63) is 18.3 Å². The van der Waals surface area contributed by atoms with E-state index < -0.39 is 24.0 Å². The van der Waals surface area contributed by atoms with Crippen LogP contribution >= 0.6 is 0 Å². The lowest BCUT2D eigenvalue weighted by atomic mass is 10.0. The molecule has 7 nitrogen and oxygen atoms in total. The summed E-state index contributed by atoms with van der Waals surface area (Å²) in [7, 11) is 0. The van der Waals surface area contributed by atoms with Gasteiger partial charge in [-0.15, -0.1) is 5.06 Å². The highest BCUT2D eigenvalue weighted by molar-refractivity contribution is 5.92. The molecule has 1 amide bonds. The van der Waals surface area contributed by atoms with Crippen molar-refractivity contribution in [2.24, 2.45) is 5.92 Å². The Labute approximate surface area is 116 Å². The van der Waals surface area contributed by atoms with E-state index in [1.165, 1.54) is 12.3 Å². The fraction of sp³-hybridized carbons (Fsp3) is 0.364. The Morgan fingerprint density at radius 1 is 1.38 bits per heavy atom. The predicted octanol–water partition coefficient (Wildman–Crippen LogP) is 0.555. The number of nitrogen functional groups attached to an aromatic ring is 1. The van der Waals surface area contributed by atoms with Gasteiger partial charge in [-0.05, 0) is 12.1 Å². The third-order valence-electron chi connectivity index (χ3n) is 2.70. The number of amides is 1. The number of anilines is 2. The number of nitrogens with zero attached hydrogens (tertiary/aromatic N) is 2. The summed E-state index contributed by atoms with van der Waals surface area (Å²) in [5.41, 5.74) is 5.86. The standard InChI is InChI=1S/C11H11F3N4O3/c12-11(13,14)10(20)21-18-4-6(5-18)9(19)17-8-2-1-7(15)3-16-8/h1-3,6H,4-5,15H2,(H,16,17,19). The number of hydrogen-bond donors (Lipinski definition) is 2. The molecule has 0 aromatic carbocycles. The molecule has 1 aliphatic rings. The van der Waals surface area contributed by atoms with Gasteiger partial charge in [-0.3, -0.25) is 4.79 Å². The summed E-state index contributed by atoms with van der Waals surface area (Å²) in [6, 6.07) is 3.04. The van der Waals surface area contributed by atoms with E-state index in [0.29, 0.717) is 5.69 Å². The molecule has 0 bridgehead atoms. The average molecular weight is 304 g/mol. The van der Waals surface area contributed by atoms with Crippen molar-refractivity contribution in [1.82, 2.24) is 10.0 Å². The van der Waals surface area contributed by atoms with Gasteiger partial charge in [-0.2, -0.15) is 13.2 Å². The lowest BCUT2D eigenvalue weighted by Crippen LogP contribution is -2.53. The molecule has 0 unspecified atom stereocenters. The minimum absolute atomic E-state index is 0.109. The SMILES string of the molecule is Nc1ccc(NC(=O)C2CN(OC(=O)C(F)(F)F)C2)nc1. The van der Waals surface area contributed by atoms with Crippen LogP contribution in [0.4, 0.5) is 24.7 Å². The maximum absolute atomic E-state index is 11.9. The van der Waals surface area contributed by atoms with Crippen molar-refractivity contribution in [3.8, 4) is 0 Å². The molecule has 3 N–H and O–H groups in total.